The van der Waals surface area contributed by atoms with Crippen LogP contribution in [-0.2, 0) is 28.6 Å². The molecule has 0 aliphatic carbocycles. The van der Waals surface area contributed by atoms with Crippen molar-refractivity contribution >= 4 is 17.9 Å². The van der Waals surface area contributed by atoms with E-state index in [0.717, 1.165) is 96.3 Å². The van der Waals surface area contributed by atoms with Gasteiger partial charge in [0.2, 0.25) is 0 Å². The van der Waals surface area contributed by atoms with E-state index < -0.39 is 6.10 Å². The monoisotopic (exact) mass is 875 g/mol. The Bertz CT molecular complexity index is 1280. The predicted octanol–water partition coefficient (Wildman–Crippen LogP) is 17.0. The van der Waals surface area contributed by atoms with Gasteiger partial charge in [-0.3, -0.25) is 14.4 Å². The fourth-order valence-corrected chi connectivity index (χ4v) is 6.81. The van der Waals surface area contributed by atoms with Crippen molar-refractivity contribution in [2.45, 2.75) is 232 Å². The maximum absolute atomic E-state index is 12.8. The van der Waals surface area contributed by atoms with Gasteiger partial charge in [0.15, 0.2) is 6.10 Å². The molecule has 0 amide bonds. The van der Waals surface area contributed by atoms with Gasteiger partial charge in [0.05, 0.1) is 0 Å². The Morgan fingerprint density at radius 3 is 1.06 bits per heavy atom. The molecule has 1 atom stereocenters. The van der Waals surface area contributed by atoms with Gasteiger partial charge in [-0.25, -0.2) is 0 Å². The number of hydrogen-bond donors (Lipinski definition) is 0. The normalized spacial score (nSPS) is 12.9. The zero-order valence-electron chi connectivity index (χ0n) is 40.8. The smallest absolute Gasteiger partial charge is 0.306 e. The minimum atomic E-state index is -0.804. The number of carbonyl (C=O) groups is 3. The first kappa shape index (κ1) is 59.3. The van der Waals surface area contributed by atoms with Crippen LogP contribution in [0.15, 0.2) is 97.2 Å². The van der Waals surface area contributed by atoms with E-state index in [2.05, 4.69) is 57.2 Å². The van der Waals surface area contributed by atoms with Crippen LogP contribution in [-0.4, -0.2) is 37.2 Å². The minimum absolute atomic E-state index is 0.101. The molecule has 358 valence electrons. The first-order valence-electron chi connectivity index (χ1n) is 25.8. The largest absolute Gasteiger partial charge is 0.462 e. The molecule has 0 aromatic heterocycles. The summed E-state index contributed by atoms with van der Waals surface area (Å²) in [5.41, 5.74) is 0. The van der Waals surface area contributed by atoms with Gasteiger partial charge in [-0.1, -0.05) is 214 Å². The van der Waals surface area contributed by atoms with E-state index in [9.17, 15) is 14.4 Å². The summed E-state index contributed by atoms with van der Waals surface area (Å²) in [6.45, 7) is 6.40. The van der Waals surface area contributed by atoms with Crippen LogP contribution in [0.4, 0.5) is 0 Å². The van der Waals surface area contributed by atoms with Gasteiger partial charge in [0, 0.05) is 19.3 Å². The number of hydrogen-bond acceptors (Lipinski definition) is 6. The van der Waals surface area contributed by atoms with Gasteiger partial charge >= 0.3 is 17.9 Å². The average Bonchev–Trinajstić information content (AvgIpc) is 3.28. The highest BCUT2D eigenvalue weighted by Crippen LogP contribution is 2.13. The first-order valence-corrected chi connectivity index (χ1v) is 25.8. The Morgan fingerprint density at radius 1 is 0.333 bits per heavy atom. The highest BCUT2D eigenvalue weighted by Gasteiger charge is 2.19. The zero-order valence-corrected chi connectivity index (χ0v) is 40.8. The van der Waals surface area contributed by atoms with Crippen molar-refractivity contribution in [1.29, 1.82) is 0 Å². The van der Waals surface area contributed by atoms with E-state index in [0.29, 0.717) is 19.3 Å². The lowest BCUT2D eigenvalue weighted by atomic mass is 10.1. The van der Waals surface area contributed by atoms with Crippen LogP contribution in [0.1, 0.15) is 226 Å². The fraction of sp³-hybridized carbons (Fsp3) is 0.667. The molecule has 0 saturated heterocycles. The third-order valence-electron chi connectivity index (χ3n) is 10.7. The Labute approximate surface area is 387 Å². The van der Waals surface area contributed by atoms with E-state index in [-0.39, 0.29) is 31.1 Å². The molecule has 63 heavy (non-hydrogen) atoms. The summed E-state index contributed by atoms with van der Waals surface area (Å²) in [5.74, 6) is -0.966. The number of carbonyl (C=O) groups excluding carboxylic acids is 3. The summed E-state index contributed by atoms with van der Waals surface area (Å²) in [5, 5.41) is 0. The van der Waals surface area contributed by atoms with Gasteiger partial charge in [-0.05, 0) is 89.9 Å². The summed E-state index contributed by atoms with van der Waals surface area (Å²) >= 11 is 0. The molecule has 0 aliphatic heterocycles. The van der Waals surface area contributed by atoms with Crippen LogP contribution < -0.4 is 0 Å². The quantitative estimate of drug-likeness (QED) is 0.0199. The second-order valence-corrected chi connectivity index (χ2v) is 16.8. The second kappa shape index (κ2) is 51.0. The third-order valence-corrected chi connectivity index (χ3v) is 10.7. The molecule has 6 heteroatoms. The molecule has 0 heterocycles. The number of allylic oxidation sites excluding steroid dienone is 16. The van der Waals surface area contributed by atoms with Gasteiger partial charge < -0.3 is 14.2 Å². The standard InChI is InChI=1S/C57H94O6/c1-4-7-10-13-16-19-22-25-27-29-31-32-35-38-41-44-47-50-56(59)62-53-54(52-61-55(58)49-46-43-40-37-34-24-21-18-15-12-9-6-3)63-57(60)51-48-45-42-39-36-33-30-28-26-23-20-17-14-11-8-5-2/h7,10,13,16,18-19,21-22,25,27-32,35,54H,4-6,8-9,11-12,14-15,17,20,23-24,26,33-34,36-53H2,1-3H3/b10-7-,16-13-,21-18-,22-19-,27-25-,30-28-,31-29+,35-32-. The van der Waals surface area contributed by atoms with Crippen LogP contribution in [0.25, 0.3) is 0 Å². The summed E-state index contributed by atoms with van der Waals surface area (Å²) in [6, 6.07) is 0. The summed E-state index contributed by atoms with van der Waals surface area (Å²) in [6.07, 6.45) is 66.7. The maximum Gasteiger partial charge on any atom is 0.306 e. The third kappa shape index (κ3) is 49.2. The number of esters is 3. The maximum atomic E-state index is 12.8. The lowest BCUT2D eigenvalue weighted by molar-refractivity contribution is -0.167. The molecule has 0 N–H and O–H groups in total. The van der Waals surface area contributed by atoms with E-state index >= 15 is 0 Å². The highest BCUT2D eigenvalue weighted by atomic mass is 16.6. The van der Waals surface area contributed by atoms with E-state index in [1.54, 1.807) is 0 Å². The molecule has 0 spiro atoms. The SMILES string of the molecule is CC\C=C/C=C\C=C/C=C\C=C\C=C/CCCCCC(=O)OCC(COC(=O)CCCCCCC/C=C\CCCCC)OC(=O)CCCCCCC/C=C\CCCCCCCCC. The number of rotatable bonds is 45. The van der Waals surface area contributed by atoms with Gasteiger partial charge in [0.25, 0.3) is 0 Å². The van der Waals surface area contributed by atoms with E-state index in [4.69, 9.17) is 14.2 Å². The average molecular weight is 875 g/mol. The molecule has 6 nitrogen and oxygen atoms in total. The predicted molar refractivity (Wildman–Crippen MR) is 270 cm³/mol. The fourth-order valence-electron chi connectivity index (χ4n) is 6.81. The number of unbranched alkanes of at least 4 members (excludes halogenated alkanes) is 23. The molecule has 0 aliphatic rings. The zero-order chi connectivity index (χ0) is 45.8. The molecule has 0 bridgehead atoms. The van der Waals surface area contributed by atoms with Crippen LogP contribution in [0.5, 0.6) is 0 Å². The summed E-state index contributed by atoms with van der Waals surface area (Å²) in [4.78, 5) is 38.0. The Balaban J connectivity index is 4.50. The molecule has 0 fully saturated rings. The van der Waals surface area contributed by atoms with E-state index in [1.807, 2.05) is 60.8 Å². The molecule has 0 rings (SSSR count). The van der Waals surface area contributed by atoms with Gasteiger partial charge in [-0.15, -0.1) is 0 Å². The lowest BCUT2D eigenvalue weighted by Crippen LogP contribution is -2.30. The minimum Gasteiger partial charge on any atom is -0.462 e. The van der Waals surface area contributed by atoms with Crippen molar-refractivity contribution in [3.8, 4) is 0 Å². The van der Waals surface area contributed by atoms with Crippen molar-refractivity contribution in [3.63, 3.8) is 0 Å². The van der Waals surface area contributed by atoms with Crippen molar-refractivity contribution in [1.82, 2.24) is 0 Å². The van der Waals surface area contributed by atoms with Crippen molar-refractivity contribution in [2.75, 3.05) is 13.2 Å². The van der Waals surface area contributed by atoms with Crippen LogP contribution in [0, 0.1) is 0 Å². The Kier molecular flexibility index (Phi) is 48.0. The van der Waals surface area contributed by atoms with Crippen LogP contribution >= 0.6 is 0 Å². The molecule has 0 radical (unpaired) electrons. The van der Waals surface area contributed by atoms with Gasteiger partial charge in [-0.2, -0.15) is 0 Å². The van der Waals surface area contributed by atoms with Crippen molar-refractivity contribution in [2.24, 2.45) is 0 Å². The molecular weight excluding hydrogens is 781 g/mol. The van der Waals surface area contributed by atoms with Gasteiger partial charge in [0.1, 0.15) is 13.2 Å². The molecule has 0 aromatic rings. The Hall–Kier alpha value is -3.67. The van der Waals surface area contributed by atoms with E-state index in [1.165, 1.54) is 89.9 Å². The lowest BCUT2D eigenvalue weighted by Gasteiger charge is -2.18. The molecular formula is C57H94O6. The molecule has 0 aromatic carbocycles. The molecule has 0 saturated carbocycles. The summed E-state index contributed by atoms with van der Waals surface area (Å²) < 4.78 is 16.7. The summed E-state index contributed by atoms with van der Waals surface area (Å²) in [7, 11) is 0. The van der Waals surface area contributed by atoms with Crippen LogP contribution in [0.2, 0.25) is 0 Å². The Morgan fingerprint density at radius 2 is 0.635 bits per heavy atom. The molecule has 1 unspecified atom stereocenters. The second-order valence-electron chi connectivity index (χ2n) is 16.8. The number of ether oxygens (including phenoxy) is 3. The van der Waals surface area contributed by atoms with Crippen molar-refractivity contribution < 1.29 is 28.6 Å². The van der Waals surface area contributed by atoms with Crippen LogP contribution in [0.3, 0.4) is 0 Å². The topological polar surface area (TPSA) is 78.9 Å². The highest BCUT2D eigenvalue weighted by molar-refractivity contribution is 5.71. The van der Waals surface area contributed by atoms with Crippen molar-refractivity contribution in [3.05, 3.63) is 97.2 Å². The first-order chi connectivity index (χ1) is 31.0.